The summed E-state index contributed by atoms with van der Waals surface area (Å²) >= 11 is 0. The fourth-order valence-corrected chi connectivity index (χ4v) is 3.23. The van der Waals surface area contributed by atoms with E-state index in [4.69, 9.17) is 0 Å². The molecule has 6 nitrogen and oxygen atoms in total. The lowest BCUT2D eigenvalue weighted by Crippen LogP contribution is -2.48. The Labute approximate surface area is 149 Å². The van der Waals surface area contributed by atoms with E-state index in [9.17, 15) is 4.79 Å². The Kier molecular flexibility index (Phi) is 5.94. The van der Waals surface area contributed by atoms with Crippen LogP contribution in [0.15, 0.2) is 41.5 Å². The second-order valence-electron chi connectivity index (χ2n) is 7.05. The molecule has 0 N–H and O–H groups in total. The van der Waals surface area contributed by atoms with Crippen LogP contribution in [-0.2, 0) is 6.54 Å². The van der Waals surface area contributed by atoms with Crippen LogP contribution in [0.4, 0.5) is 0 Å². The zero-order valence-electron chi connectivity index (χ0n) is 15.1. The molecule has 0 aromatic carbocycles. The molecular formula is C19H27N5O. The van der Waals surface area contributed by atoms with Gasteiger partial charge < -0.3 is 4.90 Å². The third-order valence-corrected chi connectivity index (χ3v) is 4.56. The summed E-state index contributed by atoms with van der Waals surface area (Å²) in [5.41, 5.74) is 1.74. The monoisotopic (exact) mass is 341 g/mol. The number of hydrogen-bond acceptors (Lipinski definition) is 5. The van der Waals surface area contributed by atoms with Crippen LogP contribution in [0.3, 0.4) is 0 Å². The molecule has 3 rings (SSSR count). The number of hydrogen-bond donors (Lipinski definition) is 0. The maximum Gasteiger partial charge on any atom is 0.266 e. The third kappa shape index (κ3) is 4.96. The Bertz CT molecular complexity index is 720. The van der Waals surface area contributed by atoms with Gasteiger partial charge in [0.25, 0.3) is 5.56 Å². The summed E-state index contributed by atoms with van der Waals surface area (Å²) in [6, 6.07) is 7.19. The topological polar surface area (TPSA) is 54.3 Å². The third-order valence-electron chi connectivity index (χ3n) is 4.56. The Morgan fingerprint density at radius 1 is 0.960 bits per heavy atom. The van der Waals surface area contributed by atoms with Crippen LogP contribution in [0.2, 0.25) is 0 Å². The molecule has 0 amide bonds. The quantitative estimate of drug-likeness (QED) is 0.798. The Balaban J connectivity index is 1.58. The van der Waals surface area contributed by atoms with Gasteiger partial charge in [0, 0.05) is 63.3 Å². The highest BCUT2D eigenvalue weighted by Crippen LogP contribution is 2.13. The predicted molar refractivity (Wildman–Crippen MR) is 99.4 cm³/mol. The first-order valence-electron chi connectivity index (χ1n) is 9.05. The van der Waals surface area contributed by atoms with Gasteiger partial charge in [-0.2, -0.15) is 5.10 Å². The van der Waals surface area contributed by atoms with Gasteiger partial charge in [0.1, 0.15) is 0 Å². The van der Waals surface area contributed by atoms with Crippen molar-refractivity contribution in [2.24, 2.45) is 5.92 Å². The molecule has 1 fully saturated rings. The average molecular weight is 341 g/mol. The number of rotatable bonds is 6. The molecule has 25 heavy (non-hydrogen) atoms. The SMILES string of the molecule is CC(C)CN1CCN(CCn2nc(-c3ccncc3)ccc2=O)CC1. The molecule has 0 aliphatic carbocycles. The van der Waals surface area contributed by atoms with Crippen LogP contribution in [0, 0.1) is 5.92 Å². The van der Waals surface area contributed by atoms with Gasteiger partial charge in [0.05, 0.1) is 12.2 Å². The standard InChI is InChI=1S/C19H27N5O/c1-16(2)15-23-11-9-22(10-12-23)13-14-24-19(25)4-3-18(21-24)17-5-7-20-8-6-17/h3-8,16H,9-15H2,1-2H3. The van der Waals surface area contributed by atoms with Gasteiger partial charge in [-0.25, -0.2) is 4.68 Å². The first-order valence-corrected chi connectivity index (χ1v) is 9.05. The predicted octanol–water partition coefficient (Wildman–Crippen LogP) is 1.58. The van der Waals surface area contributed by atoms with E-state index in [1.54, 1.807) is 29.2 Å². The van der Waals surface area contributed by atoms with Crippen molar-refractivity contribution in [3.8, 4) is 11.3 Å². The number of piperazine rings is 1. The molecule has 0 unspecified atom stereocenters. The van der Waals surface area contributed by atoms with Crippen molar-refractivity contribution in [3.63, 3.8) is 0 Å². The van der Waals surface area contributed by atoms with Crippen molar-refractivity contribution in [2.75, 3.05) is 39.3 Å². The summed E-state index contributed by atoms with van der Waals surface area (Å²) < 4.78 is 1.58. The van der Waals surface area contributed by atoms with Gasteiger partial charge in [0.2, 0.25) is 0 Å². The van der Waals surface area contributed by atoms with Crippen molar-refractivity contribution < 1.29 is 0 Å². The summed E-state index contributed by atoms with van der Waals surface area (Å²) in [7, 11) is 0. The number of pyridine rings is 1. The Morgan fingerprint density at radius 3 is 2.32 bits per heavy atom. The largest absolute Gasteiger partial charge is 0.301 e. The van der Waals surface area contributed by atoms with Crippen LogP contribution in [0.25, 0.3) is 11.3 Å². The van der Waals surface area contributed by atoms with E-state index >= 15 is 0 Å². The molecule has 0 spiro atoms. The van der Waals surface area contributed by atoms with Crippen LogP contribution >= 0.6 is 0 Å². The van der Waals surface area contributed by atoms with Gasteiger partial charge in [-0.1, -0.05) is 13.8 Å². The normalized spacial score (nSPS) is 16.4. The van der Waals surface area contributed by atoms with E-state index < -0.39 is 0 Å². The van der Waals surface area contributed by atoms with Gasteiger partial charge in [0.15, 0.2) is 0 Å². The summed E-state index contributed by atoms with van der Waals surface area (Å²) in [5, 5.41) is 4.52. The van der Waals surface area contributed by atoms with E-state index in [2.05, 4.69) is 33.7 Å². The molecule has 0 radical (unpaired) electrons. The lowest BCUT2D eigenvalue weighted by molar-refractivity contribution is 0.118. The van der Waals surface area contributed by atoms with Crippen molar-refractivity contribution in [1.29, 1.82) is 0 Å². The summed E-state index contributed by atoms with van der Waals surface area (Å²) in [6.45, 7) is 11.5. The van der Waals surface area contributed by atoms with Gasteiger partial charge in [-0.15, -0.1) is 0 Å². The summed E-state index contributed by atoms with van der Waals surface area (Å²) in [6.07, 6.45) is 3.48. The smallest absolute Gasteiger partial charge is 0.266 e. The van der Waals surface area contributed by atoms with Gasteiger partial charge in [-0.05, 0) is 24.1 Å². The summed E-state index contributed by atoms with van der Waals surface area (Å²) in [5.74, 6) is 0.713. The van der Waals surface area contributed by atoms with Gasteiger partial charge >= 0.3 is 0 Å². The Hall–Kier alpha value is -2.05. The molecule has 3 heterocycles. The van der Waals surface area contributed by atoms with E-state index in [-0.39, 0.29) is 5.56 Å². The molecule has 1 aliphatic heterocycles. The molecule has 1 aliphatic rings. The number of aromatic nitrogens is 3. The van der Waals surface area contributed by atoms with Crippen LogP contribution in [0.1, 0.15) is 13.8 Å². The molecule has 1 saturated heterocycles. The molecule has 134 valence electrons. The second kappa shape index (κ2) is 8.36. The lowest BCUT2D eigenvalue weighted by Gasteiger charge is -2.35. The average Bonchev–Trinajstić information content (AvgIpc) is 2.62. The lowest BCUT2D eigenvalue weighted by atomic mass is 10.2. The fourth-order valence-electron chi connectivity index (χ4n) is 3.23. The van der Waals surface area contributed by atoms with Crippen molar-refractivity contribution >= 4 is 0 Å². The molecule has 0 atom stereocenters. The van der Waals surface area contributed by atoms with Crippen molar-refractivity contribution in [2.45, 2.75) is 20.4 Å². The molecule has 0 bridgehead atoms. The zero-order chi connectivity index (χ0) is 17.6. The minimum absolute atomic E-state index is 0.0451. The fraction of sp³-hybridized carbons (Fsp3) is 0.526. The Morgan fingerprint density at radius 2 is 1.64 bits per heavy atom. The number of nitrogens with zero attached hydrogens (tertiary/aromatic N) is 5. The maximum atomic E-state index is 12.1. The summed E-state index contributed by atoms with van der Waals surface area (Å²) in [4.78, 5) is 21.1. The molecular weight excluding hydrogens is 314 g/mol. The minimum Gasteiger partial charge on any atom is -0.301 e. The molecule has 6 heteroatoms. The van der Waals surface area contributed by atoms with E-state index in [0.717, 1.165) is 44.0 Å². The highest BCUT2D eigenvalue weighted by atomic mass is 16.1. The zero-order valence-corrected chi connectivity index (χ0v) is 15.1. The highest BCUT2D eigenvalue weighted by molar-refractivity contribution is 5.56. The van der Waals surface area contributed by atoms with E-state index in [0.29, 0.717) is 12.5 Å². The van der Waals surface area contributed by atoms with Gasteiger partial charge in [-0.3, -0.25) is 14.7 Å². The van der Waals surface area contributed by atoms with E-state index in [1.807, 2.05) is 12.1 Å². The molecule has 2 aromatic heterocycles. The first-order chi connectivity index (χ1) is 12.1. The van der Waals surface area contributed by atoms with E-state index in [1.165, 1.54) is 6.54 Å². The highest BCUT2D eigenvalue weighted by Gasteiger charge is 2.17. The maximum absolute atomic E-state index is 12.1. The molecule has 2 aromatic rings. The minimum atomic E-state index is -0.0451. The van der Waals surface area contributed by atoms with Crippen molar-refractivity contribution in [3.05, 3.63) is 47.0 Å². The second-order valence-corrected chi connectivity index (χ2v) is 7.05. The van der Waals surface area contributed by atoms with Crippen LogP contribution < -0.4 is 5.56 Å². The first kappa shape index (κ1) is 17.8. The van der Waals surface area contributed by atoms with Crippen molar-refractivity contribution in [1.82, 2.24) is 24.6 Å². The molecule has 0 saturated carbocycles. The van der Waals surface area contributed by atoms with Crippen LogP contribution in [0.5, 0.6) is 0 Å². The van der Waals surface area contributed by atoms with Crippen LogP contribution in [-0.4, -0.2) is 63.8 Å².